The Kier molecular flexibility index (Phi) is 3.83. The first-order valence-corrected chi connectivity index (χ1v) is 7.39. The molecule has 1 aromatic rings. The topological polar surface area (TPSA) is 75.7 Å². The lowest BCUT2D eigenvalue weighted by Crippen LogP contribution is -2.45. The highest BCUT2D eigenvalue weighted by Crippen LogP contribution is 2.25. The van der Waals surface area contributed by atoms with Crippen molar-refractivity contribution in [2.75, 3.05) is 6.61 Å². The third-order valence-corrected chi connectivity index (χ3v) is 4.23. The highest BCUT2D eigenvalue weighted by molar-refractivity contribution is 5.98. The molecule has 22 heavy (non-hydrogen) atoms. The SMILES string of the molecule is C[C@H]1NC(=O)C[C@@H]1C(=O)N1C(=O)OCC1Cc1ccccc1. The van der Waals surface area contributed by atoms with E-state index in [1.165, 1.54) is 4.90 Å². The third-order valence-electron chi connectivity index (χ3n) is 4.23. The molecule has 6 heteroatoms. The molecule has 1 aromatic carbocycles. The summed E-state index contributed by atoms with van der Waals surface area (Å²) in [4.78, 5) is 37.2. The van der Waals surface area contributed by atoms with Gasteiger partial charge in [0.2, 0.25) is 11.8 Å². The van der Waals surface area contributed by atoms with E-state index in [1.807, 2.05) is 30.3 Å². The number of hydrogen-bond donors (Lipinski definition) is 1. The highest BCUT2D eigenvalue weighted by Gasteiger charge is 2.45. The zero-order valence-corrected chi connectivity index (χ0v) is 12.3. The zero-order chi connectivity index (χ0) is 15.7. The fourth-order valence-electron chi connectivity index (χ4n) is 3.04. The molecule has 0 bridgehead atoms. The first-order valence-electron chi connectivity index (χ1n) is 7.39. The Hall–Kier alpha value is -2.37. The Bertz CT molecular complexity index is 601. The molecule has 2 aliphatic rings. The van der Waals surface area contributed by atoms with Crippen LogP contribution in [0.2, 0.25) is 0 Å². The van der Waals surface area contributed by atoms with Crippen LogP contribution < -0.4 is 5.32 Å². The number of carbonyl (C=O) groups excluding carboxylic acids is 3. The summed E-state index contributed by atoms with van der Waals surface area (Å²) in [6.07, 6.45) is 0.0697. The van der Waals surface area contributed by atoms with Crippen molar-refractivity contribution in [1.82, 2.24) is 10.2 Å². The Morgan fingerprint density at radius 1 is 1.32 bits per heavy atom. The minimum Gasteiger partial charge on any atom is -0.447 e. The van der Waals surface area contributed by atoms with Crippen LogP contribution in [0.1, 0.15) is 18.9 Å². The number of benzene rings is 1. The number of hydrogen-bond acceptors (Lipinski definition) is 4. The van der Waals surface area contributed by atoms with Crippen LogP contribution in [0.4, 0.5) is 4.79 Å². The number of imide groups is 1. The monoisotopic (exact) mass is 302 g/mol. The molecule has 2 saturated heterocycles. The predicted octanol–water partition coefficient (Wildman–Crippen LogP) is 1.10. The van der Waals surface area contributed by atoms with Gasteiger partial charge in [0, 0.05) is 12.5 Å². The molecule has 3 rings (SSSR count). The van der Waals surface area contributed by atoms with Crippen LogP contribution in [0.5, 0.6) is 0 Å². The molecule has 3 amide bonds. The molecule has 2 fully saturated rings. The molecule has 0 aromatic heterocycles. The molecule has 1 N–H and O–H groups in total. The fourth-order valence-corrected chi connectivity index (χ4v) is 3.04. The number of cyclic esters (lactones) is 1. The summed E-state index contributed by atoms with van der Waals surface area (Å²) < 4.78 is 5.05. The van der Waals surface area contributed by atoms with Gasteiger partial charge in [-0.3, -0.25) is 9.59 Å². The van der Waals surface area contributed by atoms with Gasteiger partial charge in [-0.1, -0.05) is 30.3 Å². The zero-order valence-electron chi connectivity index (χ0n) is 12.3. The van der Waals surface area contributed by atoms with E-state index < -0.39 is 12.0 Å². The normalized spacial score (nSPS) is 27.7. The molecule has 1 unspecified atom stereocenters. The summed E-state index contributed by atoms with van der Waals surface area (Å²) in [6, 6.07) is 9.08. The fraction of sp³-hybridized carbons (Fsp3) is 0.438. The minimum atomic E-state index is -0.613. The largest absolute Gasteiger partial charge is 0.447 e. The lowest BCUT2D eigenvalue weighted by Gasteiger charge is -2.24. The number of nitrogens with one attached hydrogen (secondary N) is 1. The maximum absolute atomic E-state index is 12.6. The van der Waals surface area contributed by atoms with Crippen LogP contribution >= 0.6 is 0 Å². The molecule has 2 aliphatic heterocycles. The highest BCUT2D eigenvalue weighted by atomic mass is 16.6. The van der Waals surface area contributed by atoms with Crippen molar-refractivity contribution in [1.29, 1.82) is 0 Å². The van der Waals surface area contributed by atoms with Crippen molar-refractivity contribution in [2.24, 2.45) is 5.92 Å². The average molecular weight is 302 g/mol. The number of rotatable bonds is 3. The Labute approximate surface area is 128 Å². The van der Waals surface area contributed by atoms with Crippen molar-refractivity contribution in [3.8, 4) is 0 Å². The molecule has 3 atom stereocenters. The smallest absolute Gasteiger partial charge is 0.416 e. The van der Waals surface area contributed by atoms with Gasteiger partial charge in [0.25, 0.3) is 0 Å². The average Bonchev–Trinajstić information content (AvgIpc) is 3.02. The summed E-state index contributed by atoms with van der Waals surface area (Å²) in [6.45, 7) is 1.98. The van der Waals surface area contributed by atoms with Gasteiger partial charge in [0.15, 0.2) is 0 Å². The van der Waals surface area contributed by atoms with Gasteiger partial charge in [-0.15, -0.1) is 0 Å². The molecule has 2 heterocycles. The van der Waals surface area contributed by atoms with Crippen LogP contribution in [0.25, 0.3) is 0 Å². The van der Waals surface area contributed by atoms with Crippen molar-refractivity contribution in [2.45, 2.75) is 31.8 Å². The summed E-state index contributed by atoms with van der Waals surface area (Å²) in [7, 11) is 0. The van der Waals surface area contributed by atoms with E-state index in [-0.39, 0.29) is 36.9 Å². The van der Waals surface area contributed by atoms with E-state index in [1.54, 1.807) is 6.92 Å². The maximum Gasteiger partial charge on any atom is 0.416 e. The second kappa shape index (κ2) is 5.79. The van der Waals surface area contributed by atoms with E-state index in [0.717, 1.165) is 5.56 Å². The van der Waals surface area contributed by atoms with Crippen molar-refractivity contribution in [3.63, 3.8) is 0 Å². The summed E-state index contributed by atoms with van der Waals surface area (Å²) in [5.41, 5.74) is 1.04. The lowest BCUT2D eigenvalue weighted by molar-refractivity contribution is -0.134. The Morgan fingerprint density at radius 2 is 2.05 bits per heavy atom. The predicted molar refractivity (Wildman–Crippen MR) is 77.8 cm³/mol. The Morgan fingerprint density at radius 3 is 2.68 bits per heavy atom. The van der Waals surface area contributed by atoms with Crippen LogP contribution in [0.3, 0.4) is 0 Å². The van der Waals surface area contributed by atoms with E-state index in [4.69, 9.17) is 4.74 Å². The molecular weight excluding hydrogens is 284 g/mol. The van der Waals surface area contributed by atoms with E-state index in [9.17, 15) is 14.4 Å². The molecule has 116 valence electrons. The van der Waals surface area contributed by atoms with Gasteiger partial charge in [0.1, 0.15) is 6.61 Å². The quantitative estimate of drug-likeness (QED) is 0.907. The summed E-state index contributed by atoms with van der Waals surface area (Å²) in [5.74, 6) is -0.983. The van der Waals surface area contributed by atoms with Crippen molar-refractivity contribution in [3.05, 3.63) is 35.9 Å². The standard InChI is InChI=1S/C16H18N2O4/c1-10-13(8-14(19)17-10)15(20)18-12(9-22-16(18)21)7-11-5-3-2-4-6-11/h2-6,10,12-13H,7-9H2,1H3,(H,17,19)/t10-,12?,13+/m1/s1. The minimum absolute atomic E-state index is 0.127. The van der Waals surface area contributed by atoms with Gasteiger partial charge in [-0.05, 0) is 18.9 Å². The van der Waals surface area contributed by atoms with Gasteiger partial charge in [0.05, 0.1) is 12.0 Å². The van der Waals surface area contributed by atoms with Crippen LogP contribution in [-0.2, 0) is 20.7 Å². The number of carbonyl (C=O) groups is 3. The van der Waals surface area contributed by atoms with Gasteiger partial charge in [-0.2, -0.15) is 0 Å². The first-order chi connectivity index (χ1) is 10.6. The van der Waals surface area contributed by atoms with Crippen molar-refractivity contribution >= 4 is 17.9 Å². The molecule has 0 saturated carbocycles. The molecule has 6 nitrogen and oxygen atoms in total. The van der Waals surface area contributed by atoms with E-state index in [2.05, 4.69) is 5.32 Å². The van der Waals surface area contributed by atoms with Gasteiger partial charge < -0.3 is 10.1 Å². The number of amides is 3. The maximum atomic E-state index is 12.6. The summed E-state index contributed by atoms with van der Waals surface area (Å²) >= 11 is 0. The molecule has 0 aliphatic carbocycles. The number of nitrogens with zero attached hydrogens (tertiary/aromatic N) is 1. The van der Waals surface area contributed by atoms with Gasteiger partial charge in [-0.25, -0.2) is 9.69 Å². The van der Waals surface area contributed by atoms with Crippen LogP contribution in [-0.4, -0.2) is 41.5 Å². The van der Waals surface area contributed by atoms with Crippen molar-refractivity contribution < 1.29 is 19.1 Å². The second-order valence-corrected chi connectivity index (χ2v) is 5.80. The van der Waals surface area contributed by atoms with Crippen LogP contribution in [0.15, 0.2) is 30.3 Å². The van der Waals surface area contributed by atoms with E-state index in [0.29, 0.717) is 6.42 Å². The van der Waals surface area contributed by atoms with Gasteiger partial charge >= 0.3 is 6.09 Å². The first kappa shape index (κ1) is 14.6. The van der Waals surface area contributed by atoms with Crippen LogP contribution in [0, 0.1) is 5.92 Å². The molecular formula is C16H18N2O4. The van der Waals surface area contributed by atoms with E-state index >= 15 is 0 Å². The molecule has 0 spiro atoms. The number of ether oxygens (including phenoxy) is 1. The third kappa shape index (κ3) is 2.68. The molecule has 0 radical (unpaired) electrons. The second-order valence-electron chi connectivity index (χ2n) is 5.80. The summed E-state index contributed by atoms with van der Waals surface area (Å²) in [5, 5.41) is 2.71. The lowest BCUT2D eigenvalue weighted by atomic mass is 9.98. The Balaban J connectivity index is 1.76.